The van der Waals surface area contributed by atoms with Crippen molar-refractivity contribution in [2.75, 3.05) is 0 Å². The molecule has 2 aliphatic rings. The Kier molecular flexibility index (Phi) is 5.54. The van der Waals surface area contributed by atoms with Crippen molar-refractivity contribution < 1.29 is 0 Å². The molecule has 2 fully saturated rings. The molecule has 0 radical (unpaired) electrons. The second-order valence-corrected chi connectivity index (χ2v) is 7.15. The van der Waals surface area contributed by atoms with Crippen LogP contribution in [0.3, 0.4) is 0 Å². The van der Waals surface area contributed by atoms with Crippen LogP contribution in [-0.2, 0) is 0 Å². The van der Waals surface area contributed by atoms with Crippen LogP contribution in [0.25, 0.3) is 0 Å². The Labute approximate surface area is 114 Å². The minimum Gasteiger partial charge on any atom is -0.311 e. The Balaban J connectivity index is 1.78. The highest BCUT2D eigenvalue weighted by atomic mass is 15.0. The van der Waals surface area contributed by atoms with Gasteiger partial charge in [0.25, 0.3) is 0 Å². The predicted molar refractivity (Wildman–Crippen MR) is 79.8 cm³/mol. The van der Waals surface area contributed by atoms with E-state index in [2.05, 4.69) is 26.1 Å². The first-order valence-electron chi connectivity index (χ1n) is 8.45. The van der Waals surface area contributed by atoms with Gasteiger partial charge in [-0.2, -0.15) is 0 Å². The van der Waals surface area contributed by atoms with E-state index in [1.807, 2.05) is 0 Å². The Hall–Kier alpha value is -0.0400. The monoisotopic (exact) mass is 251 g/mol. The molecule has 5 atom stereocenters. The molecule has 2 rings (SSSR count). The van der Waals surface area contributed by atoms with Gasteiger partial charge in [0.2, 0.25) is 0 Å². The maximum atomic E-state index is 4.01. The lowest BCUT2D eigenvalue weighted by Gasteiger charge is -2.36. The molecule has 0 aromatic carbocycles. The normalized spacial score (nSPS) is 42.5. The topological polar surface area (TPSA) is 12.0 Å². The smallest absolute Gasteiger partial charge is 0.00954 e. The first kappa shape index (κ1) is 14.4. The third-order valence-corrected chi connectivity index (χ3v) is 5.55. The van der Waals surface area contributed by atoms with Crippen LogP contribution in [0.2, 0.25) is 0 Å². The lowest BCUT2D eigenvalue weighted by Crippen LogP contribution is -2.44. The van der Waals surface area contributed by atoms with Crippen LogP contribution in [0.4, 0.5) is 0 Å². The van der Waals surface area contributed by atoms with Crippen LogP contribution in [0.15, 0.2) is 0 Å². The molecular formula is C17H33N. The van der Waals surface area contributed by atoms with Gasteiger partial charge in [-0.25, -0.2) is 0 Å². The highest BCUT2D eigenvalue weighted by Crippen LogP contribution is 2.31. The van der Waals surface area contributed by atoms with E-state index in [4.69, 9.17) is 0 Å². The largest absolute Gasteiger partial charge is 0.311 e. The number of hydrogen-bond donors (Lipinski definition) is 1. The van der Waals surface area contributed by atoms with E-state index in [0.29, 0.717) is 0 Å². The molecule has 1 nitrogen and oxygen atoms in total. The summed E-state index contributed by atoms with van der Waals surface area (Å²) in [6, 6.07) is 1.63. The summed E-state index contributed by atoms with van der Waals surface area (Å²) in [6.07, 6.45) is 12.9. The first-order valence-corrected chi connectivity index (χ1v) is 8.45. The van der Waals surface area contributed by atoms with Gasteiger partial charge in [-0.15, -0.1) is 0 Å². The molecule has 106 valence electrons. The fourth-order valence-electron chi connectivity index (χ4n) is 4.17. The molecule has 18 heavy (non-hydrogen) atoms. The van der Waals surface area contributed by atoms with E-state index < -0.39 is 0 Å². The molecule has 0 heterocycles. The average Bonchev–Trinajstić information content (AvgIpc) is 2.58. The molecular weight excluding hydrogens is 218 g/mol. The molecule has 1 N–H and O–H groups in total. The Morgan fingerprint density at radius 3 is 2.50 bits per heavy atom. The molecule has 0 aromatic heterocycles. The zero-order valence-electron chi connectivity index (χ0n) is 12.8. The van der Waals surface area contributed by atoms with E-state index in [1.54, 1.807) is 0 Å². The van der Waals surface area contributed by atoms with E-state index in [-0.39, 0.29) is 0 Å². The molecule has 0 amide bonds. The molecule has 2 aliphatic carbocycles. The molecule has 0 spiro atoms. The van der Waals surface area contributed by atoms with Crippen LogP contribution in [0.1, 0.15) is 78.6 Å². The quantitative estimate of drug-likeness (QED) is 0.713. The minimum absolute atomic E-state index is 0.810. The Morgan fingerprint density at radius 2 is 1.78 bits per heavy atom. The van der Waals surface area contributed by atoms with Gasteiger partial charge in [0, 0.05) is 12.1 Å². The van der Waals surface area contributed by atoms with Gasteiger partial charge in [0.1, 0.15) is 0 Å². The standard InChI is InChI=1S/C17H33N/c1-4-15-6-5-7-16(10-9-15)18-17-11-8-13(2)12-14(17)3/h13-18H,4-12H2,1-3H3. The van der Waals surface area contributed by atoms with Crippen molar-refractivity contribution in [3.63, 3.8) is 0 Å². The summed E-state index contributed by atoms with van der Waals surface area (Å²) in [4.78, 5) is 0. The fraction of sp³-hybridized carbons (Fsp3) is 1.00. The Bertz CT molecular complexity index is 238. The van der Waals surface area contributed by atoms with Crippen molar-refractivity contribution in [3.8, 4) is 0 Å². The van der Waals surface area contributed by atoms with Gasteiger partial charge in [-0.1, -0.05) is 40.0 Å². The van der Waals surface area contributed by atoms with E-state index in [1.165, 1.54) is 57.8 Å². The third kappa shape index (κ3) is 3.98. The maximum absolute atomic E-state index is 4.01. The molecule has 5 unspecified atom stereocenters. The molecule has 2 saturated carbocycles. The molecule has 0 aliphatic heterocycles. The maximum Gasteiger partial charge on any atom is 0.00954 e. The van der Waals surface area contributed by atoms with Crippen LogP contribution in [0, 0.1) is 17.8 Å². The van der Waals surface area contributed by atoms with Gasteiger partial charge in [-0.05, 0) is 56.3 Å². The Morgan fingerprint density at radius 1 is 0.944 bits per heavy atom. The van der Waals surface area contributed by atoms with E-state index in [0.717, 1.165) is 29.8 Å². The molecule has 0 bridgehead atoms. The molecule has 0 aromatic rings. The van der Waals surface area contributed by atoms with E-state index >= 15 is 0 Å². The van der Waals surface area contributed by atoms with Crippen LogP contribution in [-0.4, -0.2) is 12.1 Å². The van der Waals surface area contributed by atoms with Crippen molar-refractivity contribution in [2.45, 2.75) is 90.6 Å². The van der Waals surface area contributed by atoms with Gasteiger partial charge >= 0.3 is 0 Å². The van der Waals surface area contributed by atoms with Gasteiger partial charge in [0.05, 0.1) is 0 Å². The van der Waals surface area contributed by atoms with Crippen LogP contribution < -0.4 is 5.32 Å². The number of hydrogen-bond acceptors (Lipinski definition) is 1. The van der Waals surface area contributed by atoms with Crippen molar-refractivity contribution in [1.82, 2.24) is 5.32 Å². The number of nitrogens with one attached hydrogen (secondary N) is 1. The van der Waals surface area contributed by atoms with Crippen LogP contribution >= 0.6 is 0 Å². The SMILES string of the molecule is CCC1CCCC(NC2CCC(C)CC2C)CC1. The highest BCUT2D eigenvalue weighted by molar-refractivity contribution is 4.85. The van der Waals surface area contributed by atoms with Crippen molar-refractivity contribution in [1.29, 1.82) is 0 Å². The summed E-state index contributed by atoms with van der Waals surface area (Å²) in [7, 11) is 0. The predicted octanol–water partition coefficient (Wildman–Crippen LogP) is 4.76. The van der Waals surface area contributed by atoms with E-state index in [9.17, 15) is 0 Å². The van der Waals surface area contributed by atoms with Crippen molar-refractivity contribution >= 4 is 0 Å². The second-order valence-electron chi connectivity index (χ2n) is 7.15. The second kappa shape index (κ2) is 6.93. The summed E-state index contributed by atoms with van der Waals surface area (Å²) >= 11 is 0. The van der Waals surface area contributed by atoms with Gasteiger partial charge in [-0.3, -0.25) is 0 Å². The summed E-state index contributed by atoms with van der Waals surface area (Å²) < 4.78 is 0. The first-order chi connectivity index (χ1) is 8.69. The zero-order chi connectivity index (χ0) is 13.0. The summed E-state index contributed by atoms with van der Waals surface area (Å²) in [5.74, 6) is 2.86. The third-order valence-electron chi connectivity index (χ3n) is 5.55. The summed E-state index contributed by atoms with van der Waals surface area (Å²) in [6.45, 7) is 7.24. The molecule has 1 heteroatoms. The van der Waals surface area contributed by atoms with Crippen molar-refractivity contribution in [2.24, 2.45) is 17.8 Å². The summed E-state index contributed by atoms with van der Waals surface area (Å²) in [5.41, 5.74) is 0. The lowest BCUT2D eigenvalue weighted by atomic mass is 9.79. The van der Waals surface area contributed by atoms with Gasteiger partial charge in [0.15, 0.2) is 0 Å². The lowest BCUT2D eigenvalue weighted by molar-refractivity contribution is 0.207. The zero-order valence-corrected chi connectivity index (χ0v) is 12.8. The highest BCUT2D eigenvalue weighted by Gasteiger charge is 2.27. The van der Waals surface area contributed by atoms with Crippen molar-refractivity contribution in [3.05, 3.63) is 0 Å². The number of rotatable bonds is 3. The van der Waals surface area contributed by atoms with Crippen LogP contribution in [0.5, 0.6) is 0 Å². The fourth-order valence-corrected chi connectivity index (χ4v) is 4.17. The molecule has 0 saturated heterocycles. The van der Waals surface area contributed by atoms with Gasteiger partial charge < -0.3 is 5.32 Å². The summed E-state index contributed by atoms with van der Waals surface area (Å²) in [5, 5.41) is 4.01. The minimum atomic E-state index is 0.810. The average molecular weight is 251 g/mol.